The molecule has 1 unspecified atom stereocenters. The summed E-state index contributed by atoms with van der Waals surface area (Å²) in [4.78, 5) is 2.52. The van der Waals surface area contributed by atoms with E-state index in [0.717, 1.165) is 44.2 Å². The summed E-state index contributed by atoms with van der Waals surface area (Å²) >= 11 is 0. The Labute approximate surface area is 166 Å². The molecule has 0 saturated carbocycles. The monoisotopic (exact) mass is 386 g/mol. The van der Waals surface area contributed by atoms with Gasteiger partial charge in [-0.05, 0) is 19.1 Å². The Morgan fingerprint density at radius 1 is 1.15 bits per heavy atom. The molecule has 1 aliphatic heterocycles. The van der Waals surface area contributed by atoms with Gasteiger partial charge in [-0.1, -0.05) is 36.4 Å². The van der Waals surface area contributed by atoms with Gasteiger partial charge in [-0.25, -0.2) is 0 Å². The highest BCUT2D eigenvalue weighted by Crippen LogP contribution is 2.32. The molecule has 3 aromatic rings. The molecular weight excluding hydrogens is 360 g/mol. The van der Waals surface area contributed by atoms with Gasteiger partial charge in [0.1, 0.15) is 5.75 Å². The van der Waals surface area contributed by atoms with E-state index < -0.39 is 0 Å². The van der Waals surface area contributed by atoms with Crippen LogP contribution in [0.15, 0.2) is 48.5 Å². The Morgan fingerprint density at radius 3 is 2.74 bits per heavy atom. The molecule has 1 aliphatic rings. The Hall–Kier alpha value is -2.08. The van der Waals surface area contributed by atoms with Gasteiger partial charge in [-0.15, -0.1) is 12.4 Å². The Bertz CT molecular complexity index is 895. The van der Waals surface area contributed by atoms with Gasteiger partial charge in [0, 0.05) is 43.7 Å². The van der Waals surface area contributed by atoms with E-state index in [4.69, 9.17) is 9.84 Å². The van der Waals surface area contributed by atoms with Crippen LogP contribution in [0.4, 0.5) is 0 Å². The number of aryl methyl sites for hydroxylation is 1. The molecule has 0 amide bonds. The SMILES string of the molecule is CCn1nc(CN2CCNCC2c2ccccc2OC)c2ccccc21.Cl. The van der Waals surface area contributed by atoms with Gasteiger partial charge >= 0.3 is 0 Å². The van der Waals surface area contributed by atoms with Gasteiger partial charge < -0.3 is 10.1 Å². The first-order valence-electron chi connectivity index (χ1n) is 9.34. The third-order valence-electron chi connectivity index (χ3n) is 5.24. The van der Waals surface area contributed by atoms with E-state index in [1.807, 2.05) is 12.1 Å². The quantitative estimate of drug-likeness (QED) is 0.727. The summed E-state index contributed by atoms with van der Waals surface area (Å²) in [6, 6.07) is 17.1. The van der Waals surface area contributed by atoms with E-state index in [1.54, 1.807) is 7.11 Å². The largest absolute Gasteiger partial charge is 0.496 e. The van der Waals surface area contributed by atoms with Crippen LogP contribution >= 0.6 is 12.4 Å². The summed E-state index contributed by atoms with van der Waals surface area (Å²) in [6.07, 6.45) is 0. The molecule has 1 atom stereocenters. The average molecular weight is 387 g/mol. The van der Waals surface area contributed by atoms with Crippen molar-refractivity contribution in [1.82, 2.24) is 20.0 Å². The number of halogens is 1. The number of rotatable bonds is 5. The standard InChI is InChI=1S/C21H26N4O.ClH/c1-3-25-19-10-6-4-8-16(19)18(23-25)15-24-13-12-22-14-20(24)17-9-5-7-11-21(17)26-2;/h4-11,20,22H,3,12-15H2,1-2H3;1H. The van der Waals surface area contributed by atoms with Crippen molar-refractivity contribution in [3.05, 3.63) is 59.8 Å². The fourth-order valence-electron chi connectivity index (χ4n) is 3.93. The van der Waals surface area contributed by atoms with Gasteiger partial charge in [-0.3, -0.25) is 9.58 Å². The maximum atomic E-state index is 5.61. The molecule has 0 aliphatic carbocycles. The minimum Gasteiger partial charge on any atom is -0.496 e. The van der Waals surface area contributed by atoms with Crippen LogP contribution in [0, 0.1) is 0 Å². The molecule has 1 saturated heterocycles. The van der Waals surface area contributed by atoms with Gasteiger partial charge in [-0.2, -0.15) is 5.10 Å². The van der Waals surface area contributed by atoms with Crippen molar-refractivity contribution in [3.8, 4) is 5.75 Å². The summed E-state index contributed by atoms with van der Waals surface area (Å²) in [5.41, 5.74) is 3.61. The van der Waals surface area contributed by atoms with Crippen LogP contribution < -0.4 is 10.1 Å². The molecule has 0 bridgehead atoms. The van der Waals surface area contributed by atoms with E-state index in [2.05, 4.69) is 58.2 Å². The molecule has 6 heteroatoms. The van der Waals surface area contributed by atoms with Crippen LogP contribution in [0.2, 0.25) is 0 Å². The number of aromatic nitrogens is 2. The molecule has 5 nitrogen and oxygen atoms in total. The number of benzene rings is 2. The number of para-hydroxylation sites is 2. The summed E-state index contributed by atoms with van der Waals surface area (Å²) in [7, 11) is 1.75. The molecule has 1 aromatic heterocycles. The zero-order valence-electron chi connectivity index (χ0n) is 15.9. The minimum absolute atomic E-state index is 0. The van der Waals surface area contributed by atoms with Gasteiger partial charge in [0.2, 0.25) is 0 Å². The number of methoxy groups -OCH3 is 1. The van der Waals surface area contributed by atoms with Crippen molar-refractivity contribution in [2.75, 3.05) is 26.7 Å². The van der Waals surface area contributed by atoms with Crippen molar-refractivity contribution in [2.24, 2.45) is 0 Å². The normalized spacial score (nSPS) is 17.6. The maximum absolute atomic E-state index is 5.61. The molecule has 0 radical (unpaired) electrons. The van der Waals surface area contributed by atoms with Gasteiger partial charge in [0.25, 0.3) is 0 Å². The summed E-state index contributed by atoms with van der Waals surface area (Å²) in [5.74, 6) is 0.954. The topological polar surface area (TPSA) is 42.3 Å². The van der Waals surface area contributed by atoms with Gasteiger partial charge in [0.15, 0.2) is 0 Å². The van der Waals surface area contributed by atoms with Gasteiger partial charge in [0.05, 0.1) is 24.4 Å². The van der Waals surface area contributed by atoms with Crippen LogP contribution in [0.5, 0.6) is 5.75 Å². The molecule has 144 valence electrons. The number of hydrogen-bond acceptors (Lipinski definition) is 4. The first-order valence-corrected chi connectivity index (χ1v) is 9.34. The van der Waals surface area contributed by atoms with Crippen molar-refractivity contribution >= 4 is 23.3 Å². The highest BCUT2D eigenvalue weighted by Gasteiger charge is 2.27. The fraction of sp³-hybridized carbons (Fsp3) is 0.381. The van der Waals surface area contributed by atoms with Crippen molar-refractivity contribution in [2.45, 2.75) is 26.1 Å². The van der Waals surface area contributed by atoms with Crippen LogP contribution in [0.1, 0.15) is 24.2 Å². The number of ether oxygens (including phenoxy) is 1. The third-order valence-corrected chi connectivity index (χ3v) is 5.24. The van der Waals surface area contributed by atoms with E-state index in [0.29, 0.717) is 0 Å². The highest BCUT2D eigenvalue weighted by atomic mass is 35.5. The average Bonchev–Trinajstić information content (AvgIpc) is 3.06. The second kappa shape index (κ2) is 8.74. The van der Waals surface area contributed by atoms with E-state index in [9.17, 15) is 0 Å². The van der Waals surface area contributed by atoms with Crippen molar-refractivity contribution < 1.29 is 4.74 Å². The first kappa shape index (κ1) is 19.7. The number of nitrogens with one attached hydrogen (secondary N) is 1. The molecule has 1 N–H and O–H groups in total. The number of nitrogens with zero attached hydrogens (tertiary/aromatic N) is 3. The molecule has 0 spiro atoms. The second-order valence-corrected chi connectivity index (χ2v) is 6.71. The number of hydrogen-bond donors (Lipinski definition) is 1. The van der Waals surface area contributed by atoms with Crippen LogP contribution in [0.25, 0.3) is 10.9 Å². The Balaban J connectivity index is 0.00000210. The fourth-order valence-corrected chi connectivity index (χ4v) is 3.93. The first-order chi connectivity index (χ1) is 12.8. The number of fused-ring (bicyclic) bond motifs is 1. The van der Waals surface area contributed by atoms with E-state index >= 15 is 0 Å². The van der Waals surface area contributed by atoms with Crippen molar-refractivity contribution in [3.63, 3.8) is 0 Å². The lowest BCUT2D eigenvalue weighted by atomic mass is 10.0. The van der Waals surface area contributed by atoms with Crippen LogP contribution in [0.3, 0.4) is 0 Å². The lowest BCUT2D eigenvalue weighted by Gasteiger charge is -2.36. The third kappa shape index (κ3) is 3.81. The highest BCUT2D eigenvalue weighted by molar-refractivity contribution is 5.85. The maximum Gasteiger partial charge on any atom is 0.123 e. The second-order valence-electron chi connectivity index (χ2n) is 6.71. The predicted octanol–water partition coefficient (Wildman–Crippen LogP) is 3.63. The zero-order valence-corrected chi connectivity index (χ0v) is 16.7. The lowest BCUT2D eigenvalue weighted by molar-refractivity contribution is 0.149. The zero-order chi connectivity index (χ0) is 17.9. The Morgan fingerprint density at radius 2 is 1.93 bits per heavy atom. The summed E-state index contributed by atoms with van der Waals surface area (Å²) in [6.45, 7) is 6.79. The molecular formula is C21H27ClN4O. The molecule has 4 rings (SSSR count). The number of piperazine rings is 1. The lowest BCUT2D eigenvalue weighted by Crippen LogP contribution is -2.45. The van der Waals surface area contributed by atoms with E-state index in [1.165, 1.54) is 16.5 Å². The van der Waals surface area contributed by atoms with Crippen molar-refractivity contribution in [1.29, 1.82) is 0 Å². The smallest absolute Gasteiger partial charge is 0.123 e. The predicted molar refractivity (Wildman–Crippen MR) is 112 cm³/mol. The molecule has 2 aromatic carbocycles. The van der Waals surface area contributed by atoms with Crippen LogP contribution in [-0.4, -0.2) is 41.4 Å². The molecule has 1 fully saturated rings. The van der Waals surface area contributed by atoms with Crippen LogP contribution in [-0.2, 0) is 13.1 Å². The molecule has 27 heavy (non-hydrogen) atoms. The molecule has 2 heterocycles. The summed E-state index contributed by atoms with van der Waals surface area (Å²) < 4.78 is 7.72. The van der Waals surface area contributed by atoms with E-state index in [-0.39, 0.29) is 18.4 Å². The Kier molecular flexibility index (Phi) is 6.37. The minimum atomic E-state index is 0. The summed E-state index contributed by atoms with van der Waals surface area (Å²) in [5, 5.41) is 9.68.